The van der Waals surface area contributed by atoms with E-state index in [0.717, 1.165) is 5.39 Å². The van der Waals surface area contributed by atoms with Gasteiger partial charge in [0.1, 0.15) is 0 Å². The van der Waals surface area contributed by atoms with Gasteiger partial charge in [-0.25, -0.2) is 12.4 Å². The van der Waals surface area contributed by atoms with Crippen molar-refractivity contribution in [3.8, 4) is 0 Å². The molecule has 3 aromatic rings. The number of fused-ring (bicyclic) bond motifs is 1. The second-order valence-electron chi connectivity index (χ2n) is 5.85. The molecule has 0 aliphatic heterocycles. The summed E-state index contributed by atoms with van der Waals surface area (Å²) in [6.07, 6.45) is 1.14. The molecule has 0 aliphatic carbocycles. The van der Waals surface area contributed by atoms with Crippen molar-refractivity contribution in [2.45, 2.75) is 24.2 Å². The molecule has 136 valence electrons. The normalized spacial score (nSPS) is 11.6. The number of carbonyl (C=O) groups excluding carboxylic acids is 1. The molecule has 0 amide bonds. The molecule has 0 saturated carbocycles. The van der Waals surface area contributed by atoms with Gasteiger partial charge in [0.25, 0.3) is 10.0 Å². The molecule has 0 atom stereocenters. The number of hydrogen-bond donors (Lipinski definition) is 0. The van der Waals surface area contributed by atoms with Gasteiger partial charge in [-0.15, -0.1) is 0 Å². The Kier molecular flexibility index (Phi) is 5.34. The fraction of sp³-hybridized carbons (Fsp3) is 0.211. The molecule has 7 heteroatoms. The number of rotatable bonds is 6. The van der Waals surface area contributed by atoms with Gasteiger partial charge in [-0.3, -0.25) is 4.79 Å². The third-order valence-corrected chi connectivity index (χ3v) is 6.13. The highest BCUT2D eigenvalue weighted by Gasteiger charge is 2.23. The van der Waals surface area contributed by atoms with Crippen LogP contribution in [0.1, 0.15) is 18.5 Å². The first-order valence-electron chi connectivity index (χ1n) is 8.11. The van der Waals surface area contributed by atoms with Crippen molar-refractivity contribution in [1.29, 1.82) is 0 Å². The van der Waals surface area contributed by atoms with Gasteiger partial charge in [-0.05, 0) is 49.2 Å². The summed E-state index contributed by atoms with van der Waals surface area (Å²) in [5, 5.41) is 1.28. The molecular weight excluding hydrogens is 374 g/mol. The van der Waals surface area contributed by atoms with E-state index in [4.69, 9.17) is 11.6 Å². The Morgan fingerprint density at radius 2 is 1.85 bits per heavy atom. The van der Waals surface area contributed by atoms with E-state index in [0.29, 0.717) is 29.1 Å². The Morgan fingerprint density at radius 1 is 1.12 bits per heavy atom. The van der Waals surface area contributed by atoms with Crippen LogP contribution in [0.4, 0.5) is 0 Å². The first kappa shape index (κ1) is 18.5. The van der Waals surface area contributed by atoms with Crippen LogP contribution in [0.5, 0.6) is 0 Å². The van der Waals surface area contributed by atoms with Crippen LogP contribution in [-0.2, 0) is 26.0 Å². The van der Waals surface area contributed by atoms with Crippen molar-refractivity contribution >= 4 is 38.5 Å². The zero-order chi connectivity index (χ0) is 18.7. The topological polar surface area (TPSA) is 65.4 Å². The van der Waals surface area contributed by atoms with Crippen LogP contribution in [0.2, 0.25) is 5.02 Å². The number of esters is 1. The van der Waals surface area contributed by atoms with Crippen LogP contribution in [0.25, 0.3) is 10.9 Å². The van der Waals surface area contributed by atoms with Crippen LogP contribution in [-0.4, -0.2) is 25.5 Å². The number of ether oxygens (including phenoxy) is 1. The van der Waals surface area contributed by atoms with Crippen LogP contribution < -0.4 is 0 Å². The maximum absolute atomic E-state index is 13.2. The Bertz CT molecular complexity index is 1040. The van der Waals surface area contributed by atoms with E-state index in [2.05, 4.69) is 4.74 Å². The minimum absolute atomic E-state index is 0.210. The zero-order valence-electron chi connectivity index (χ0n) is 14.2. The number of halogens is 1. The standard InChI is InChI=1S/C19H18ClNO4S/c1-25-19(22)9-5-6-16-13-14-12-15(20)10-11-18(14)21(16)26(23,24)17-7-3-2-4-8-17/h2-4,7-8,10-13H,5-6,9H2,1H3. The van der Waals surface area contributed by atoms with E-state index in [9.17, 15) is 13.2 Å². The number of hydrogen-bond acceptors (Lipinski definition) is 4. The number of nitrogens with zero attached hydrogens (tertiary/aromatic N) is 1. The Morgan fingerprint density at radius 3 is 2.54 bits per heavy atom. The fourth-order valence-corrected chi connectivity index (χ4v) is 4.66. The van der Waals surface area contributed by atoms with Gasteiger partial charge < -0.3 is 4.74 Å². The van der Waals surface area contributed by atoms with Gasteiger partial charge >= 0.3 is 5.97 Å². The smallest absolute Gasteiger partial charge is 0.305 e. The van der Waals surface area contributed by atoms with Crippen molar-refractivity contribution in [2.75, 3.05) is 7.11 Å². The van der Waals surface area contributed by atoms with Gasteiger partial charge in [0.05, 0.1) is 17.5 Å². The quantitative estimate of drug-likeness (QED) is 0.595. The summed E-state index contributed by atoms with van der Waals surface area (Å²) in [5.41, 5.74) is 1.17. The third-order valence-electron chi connectivity index (χ3n) is 4.11. The highest BCUT2D eigenvalue weighted by atomic mass is 35.5. The number of aryl methyl sites for hydroxylation is 1. The predicted molar refractivity (Wildman–Crippen MR) is 101 cm³/mol. The molecule has 1 aromatic heterocycles. The summed E-state index contributed by atoms with van der Waals surface area (Å²) in [6, 6.07) is 15.2. The first-order chi connectivity index (χ1) is 12.4. The molecule has 26 heavy (non-hydrogen) atoms. The molecular formula is C19H18ClNO4S. The lowest BCUT2D eigenvalue weighted by Crippen LogP contribution is -2.16. The van der Waals surface area contributed by atoms with E-state index in [1.165, 1.54) is 11.1 Å². The first-order valence-corrected chi connectivity index (χ1v) is 9.92. The minimum Gasteiger partial charge on any atom is -0.469 e. The second kappa shape index (κ2) is 7.51. The Labute approximate surface area is 157 Å². The summed E-state index contributed by atoms with van der Waals surface area (Å²) in [4.78, 5) is 11.6. The summed E-state index contributed by atoms with van der Waals surface area (Å²) in [7, 11) is -2.43. The lowest BCUT2D eigenvalue weighted by Gasteiger charge is -2.12. The molecule has 0 aliphatic rings. The molecule has 2 aromatic carbocycles. The van der Waals surface area contributed by atoms with E-state index in [-0.39, 0.29) is 17.3 Å². The molecule has 0 radical (unpaired) electrons. The van der Waals surface area contributed by atoms with Gasteiger partial charge in [-0.1, -0.05) is 29.8 Å². The molecule has 1 heterocycles. The molecule has 3 rings (SSSR count). The summed E-state index contributed by atoms with van der Waals surface area (Å²) in [6.45, 7) is 0. The monoisotopic (exact) mass is 391 g/mol. The van der Waals surface area contributed by atoms with Crippen molar-refractivity contribution < 1.29 is 17.9 Å². The molecule has 0 unspecified atom stereocenters. The number of benzene rings is 2. The number of carbonyl (C=O) groups is 1. The average molecular weight is 392 g/mol. The van der Waals surface area contributed by atoms with E-state index in [1.54, 1.807) is 54.6 Å². The molecule has 0 bridgehead atoms. The van der Waals surface area contributed by atoms with E-state index in [1.807, 2.05) is 0 Å². The number of aromatic nitrogens is 1. The summed E-state index contributed by atoms with van der Waals surface area (Å²) < 4.78 is 32.4. The lowest BCUT2D eigenvalue weighted by molar-refractivity contribution is -0.140. The van der Waals surface area contributed by atoms with Crippen molar-refractivity contribution in [3.63, 3.8) is 0 Å². The average Bonchev–Trinajstić information content (AvgIpc) is 3.00. The maximum atomic E-state index is 13.2. The zero-order valence-corrected chi connectivity index (χ0v) is 15.8. The van der Waals surface area contributed by atoms with Crippen molar-refractivity contribution in [3.05, 3.63) is 65.3 Å². The van der Waals surface area contributed by atoms with E-state index < -0.39 is 10.0 Å². The van der Waals surface area contributed by atoms with Gasteiger partial charge in [0.15, 0.2) is 0 Å². The maximum Gasteiger partial charge on any atom is 0.305 e. The fourth-order valence-electron chi connectivity index (χ4n) is 2.89. The van der Waals surface area contributed by atoms with Crippen LogP contribution in [0.15, 0.2) is 59.5 Å². The summed E-state index contributed by atoms with van der Waals surface area (Å²) in [5.74, 6) is -0.318. The lowest BCUT2D eigenvalue weighted by atomic mass is 10.2. The van der Waals surface area contributed by atoms with Crippen LogP contribution >= 0.6 is 11.6 Å². The Balaban J connectivity index is 2.09. The third kappa shape index (κ3) is 3.61. The molecule has 5 nitrogen and oxygen atoms in total. The van der Waals surface area contributed by atoms with Crippen LogP contribution in [0, 0.1) is 0 Å². The van der Waals surface area contributed by atoms with Gasteiger partial charge in [0, 0.05) is 22.5 Å². The van der Waals surface area contributed by atoms with Crippen molar-refractivity contribution in [1.82, 2.24) is 3.97 Å². The van der Waals surface area contributed by atoms with Gasteiger partial charge in [-0.2, -0.15) is 0 Å². The predicted octanol–water partition coefficient (Wildman–Crippen LogP) is 4.03. The van der Waals surface area contributed by atoms with Crippen LogP contribution in [0.3, 0.4) is 0 Å². The SMILES string of the molecule is COC(=O)CCCc1cc2cc(Cl)ccc2n1S(=O)(=O)c1ccccc1. The second-order valence-corrected chi connectivity index (χ2v) is 8.07. The minimum atomic E-state index is -3.76. The largest absolute Gasteiger partial charge is 0.469 e. The summed E-state index contributed by atoms with van der Waals surface area (Å²) >= 11 is 6.06. The van der Waals surface area contributed by atoms with Crippen molar-refractivity contribution in [2.24, 2.45) is 0 Å². The highest BCUT2D eigenvalue weighted by molar-refractivity contribution is 7.90. The molecule has 0 spiro atoms. The molecule has 0 saturated heterocycles. The Hall–Kier alpha value is -2.31. The molecule has 0 N–H and O–H groups in total. The molecule has 0 fully saturated rings. The van der Waals surface area contributed by atoms with Gasteiger partial charge in [0.2, 0.25) is 0 Å². The number of methoxy groups -OCH3 is 1. The highest BCUT2D eigenvalue weighted by Crippen LogP contribution is 2.28. The van der Waals surface area contributed by atoms with E-state index >= 15 is 0 Å².